The Morgan fingerprint density at radius 2 is 2.09 bits per heavy atom. The lowest BCUT2D eigenvalue weighted by atomic mass is 9.91. The standard InChI is InChI=1S/C26H33N5O3/c1-19-15-24(22-16-28-12-9-23(22)29-19)31-13-3-10-26(33,18-31)17-30(2)25(32)20-5-7-21(8-6-20)34-14-4-11-27/h5-9,12,15-16,33H,3-4,10-11,13-14,17-18,27H2,1-2H3/t26-/m0/s1. The molecule has 0 saturated carbocycles. The summed E-state index contributed by atoms with van der Waals surface area (Å²) in [5, 5.41) is 12.4. The Balaban J connectivity index is 1.45. The van der Waals surface area contributed by atoms with E-state index >= 15 is 0 Å². The van der Waals surface area contributed by atoms with Crippen LogP contribution in [0.15, 0.2) is 48.8 Å². The second-order valence-electron chi connectivity index (χ2n) is 9.10. The quantitative estimate of drug-likeness (QED) is 0.495. The van der Waals surface area contributed by atoms with Gasteiger partial charge < -0.3 is 25.4 Å². The number of nitrogens with zero attached hydrogens (tertiary/aromatic N) is 4. The Hall–Kier alpha value is -3.23. The molecule has 3 heterocycles. The summed E-state index contributed by atoms with van der Waals surface area (Å²) in [6, 6.07) is 11.0. The molecule has 1 amide bonds. The van der Waals surface area contributed by atoms with Crippen LogP contribution in [-0.4, -0.2) is 71.3 Å². The highest BCUT2D eigenvalue weighted by atomic mass is 16.5. The smallest absolute Gasteiger partial charge is 0.253 e. The predicted molar refractivity (Wildman–Crippen MR) is 133 cm³/mol. The zero-order valence-corrected chi connectivity index (χ0v) is 19.9. The van der Waals surface area contributed by atoms with E-state index in [1.165, 1.54) is 0 Å². The Bertz CT molecular complexity index is 1140. The largest absolute Gasteiger partial charge is 0.494 e. The van der Waals surface area contributed by atoms with Gasteiger partial charge in [-0.15, -0.1) is 0 Å². The van der Waals surface area contributed by atoms with E-state index in [2.05, 4.69) is 14.9 Å². The number of pyridine rings is 2. The molecule has 1 aliphatic rings. The maximum atomic E-state index is 13.0. The first-order chi connectivity index (χ1) is 16.4. The summed E-state index contributed by atoms with van der Waals surface area (Å²) in [4.78, 5) is 25.7. The molecule has 180 valence electrons. The molecular weight excluding hydrogens is 430 g/mol. The number of benzene rings is 1. The van der Waals surface area contributed by atoms with Crippen LogP contribution in [0.4, 0.5) is 5.69 Å². The SMILES string of the molecule is Cc1cc(N2CCC[C@](O)(CN(C)C(=O)c3ccc(OCCCN)cc3)C2)c2cnccc2n1. The van der Waals surface area contributed by atoms with E-state index in [9.17, 15) is 9.90 Å². The van der Waals surface area contributed by atoms with Crippen molar-refractivity contribution in [2.45, 2.75) is 31.8 Å². The number of piperidine rings is 1. The van der Waals surface area contributed by atoms with Crippen LogP contribution in [0, 0.1) is 6.92 Å². The number of hydrogen-bond acceptors (Lipinski definition) is 7. The fraction of sp³-hybridized carbons (Fsp3) is 0.423. The van der Waals surface area contributed by atoms with E-state index in [-0.39, 0.29) is 12.5 Å². The number of rotatable bonds is 8. The molecule has 1 fully saturated rings. The number of ether oxygens (including phenoxy) is 1. The van der Waals surface area contributed by atoms with Gasteiger partial charge in [-0.25, -0.2) is 0 Å². The van der Waals surface area contributed by atoms with E-state index in [1.54, 1.807) is 42.4 Å². The molecule has 1 atom stereocenters. The fourth-order valence-corrected chi connectivity index (χ4v) is 4.59. The van der Waals surface area contributed by atoms with Gasteiger partial charge in [-0.2, -0.15) is 0 Å². The van der Waals surface area contributed by atoms with Gasteiger partial charge in [0.2, 0.25) is 0 Å². The molecule has 3 N–H and O–H groups in total. The van der Waals surface area contributed by atoms with Crippen molar-refractivity contribution in [3.63, 3.8) is 0 Å². The normalized spacial score (nSPS) is 18.2. The number of likely N-dealkylation sites (N-methyl/N-ethyl adjacent to an activating group) is 1. The van der Waals surface area contributed by atoms with Crippen molar-refractivity contribution in [1.29, 1.82) is 0 Å². The number of amides is 1. The molecule has 34 heavy (non-hydrogen) atoms. The molecule has 8 nitrogen and oxygen atoms in total. The van der Waals surface area contributed by atoms with Crippen molar-refractivity contribution >= 4 is 22.5 Å². The van der Waals surface area contributed by atoms with Crippen LogP contribution in [0.1, 0.15) is 35.3 Å². The first-order valence-electron chi connectivity index (χ1n) is 11.8. The molecule has 0 aliphatic carbocycles. The van der Waals surface area contributed by atoms with Crippen LogP contribution in [0.2, 0.25) is 0 Å². The molecule has 0 bridgehead atoms. The van der Waals surface area contributed by atoms with Crippen molar-refractivity contribution in [2.75, 3.05) is 44.7 Å². The van der Waals surface area contributed by atoms with E-state index in [4.69, 9.17) is 10.5 Å². The Labute approximate surface area is 200 Å². The number of nitrogens with two attached hydrogens (primary N) is 1. The molecule has 1 aromatic carbocycles. The van der Waals surface area contributed by atoms with Crippen molar-refractivity contribution in [3.8, 4) is 5.75 Å². The number of carbonyl (C=O) groups is 1. The van der Waals surface area contributed by atoms with Gasteiger partial charge >= 0.3 is 0 Å². The minimum Gasteiger partial charge on any atom is -0.494 e. The number of β-amino-alcohol motifs (C(OH)–C–C–N with tert-alkyl or cyclic N) is 1. The average molecular weight is 464 g/mol. The topological polar surface area (TPSA) is 105 Å². The second-order valence-corrected chi connectivity index (χ2v) is 9.10. The molecule has 0 radical (unpaired) electrons. The number of hydrogen-bond donors (Lipinski definition) is 2. The van der Waals surface area contributed by atoms with E-state index in [0.29, 0.717) is 37.4 Å². The van der Waals surface area contributed by atoms with Gasteiger partial charge in [-0.3, -0.25) is 14.8 Å². The van der Waals surface area contributed by atoms with Gasteiger partial charge in [0.25, 0.3) is 5.91 Å². The van der Waals surface area contributed by atoms with Gasteiger partial charge in [0.1, 0.15) is 5.75 Å². The first kappa shape index (κ1) is 23.9. The van der Waals surface area contributed by atoms with Gasteiger partial charge in [0, 0.05) is 54.9 Å². The van der Waals surface area contributed by atoms with E-state index in [0.717, 1.165) is 41.7 Å². The molecule has 8 heteroatoms. The molecule has 4 rings (SSSR count). The lowest BCUT2D eigenvalue weighted by Crippen LogP contribution is -2.54. The average Bonchev–Trinajstić information content (AvgIpc) is 2.83. The van der Waals surface area contributed by atoms with Crippen LogP contribution in [-0.2, 0) is 0 Å². The van der Waals surface area contributed by atoms with E-state index < -0.39 is 5.60 Å². The predicted octanol–water partition coefficient (Wildman–Crippen LogP) is 2.77. The maximum absolute atomic E-state index is 13.0. The zero-order chi connectivity index (χ0) is 24.1. The summed E-state index contributed by atoms with van der Waals surface area (Å²) in [6.45, 7) is 4.62. The highest BCUT2D eigenvalue weighted by molar-refractivity contribution is 5.94. The molecular formula is C26H33N5O3. The Morgan fingerprint density at radius 3 is 2.85 bits per heavy atom. The molecule has 1 aliphatic heterocycles. The van der Waals surface area contributed by atoms with Crippen molar-refractivity contribution in [1.82, 2.24) is 14.9 Å². The van der Waals surface area contributed by atoms with Gasteiger partial charge in [-0.1, -0.05) is 0 Å². The van der Waals surface area contributed by atoms with Crippen LogP contribution in [0.5, 0.6) is 5.75 Å². The van der Waals surface area contributed by atoms with Crippen molar-refractivity contribution in [2.24, 2.45) is 5.73 Å². The molecule has 3 aromatic rings. The zero-order valence-electron chi connectivity index (χ0n) is 19.9. The maximum Gasteiger partial charge on any atom is 0.253 e. The Morgan fingerprint density at radius 1 is 1.29 bits per heavy atom. The van der Waals surface area contributed by atoms with Crippen LogP contribution < -0.4 is 15.4 Å². The first-order valence-corrected chi connectivity index (χ1v) is 11.8. The molecule has 1 saturated heterocycles. The van der Waals surface area contributed by atoms with Gasteiger partial charge in [0.15, 0.2) is 0 Å². The van der Waals surface area contributed by atoms with Gasteiger partial charge in [0.05, 0.1) is 24.3 Å². The summed E-state index contributed by atoms with van der Waals surface area (Å²) in [5.74, 6) is 0.581. The summed E-state index contributed by atoms with van der Waals surface area (Å²) in [6.07, 6.45) is 5.81. The van der Waals surface area contributed by atoms with Crippen molar-refractivity contribution < 1.29 is 14.6 Å². The minimum atomic E-state index is -1.01. The van der Waals surface area contributed by atoms with Crippen molar-refractivity contribution in [3.05, 3.63) is 60.0 Å². The third-order valence-electron chi connectivity index (χ3n) is 6.21. The Kier molecular flexibility index (Phi) is 7.29. The van der Waals surface area contributed by atoms with E-state index in [1.807, 2.05) is 25.3 Å². The fourth-order valence-electron chi connectivity index (χ4n) is 4.59. The van der Waals surface area contributed by atoms with Crippen LogP contribution in [0.25, 0.3) is 10.9 Å². The molecule has 0 unspecified atom stereocenters. The summed E-state index contributed by atoms with van der Waals surface area (Å²) < 4.78 is 5.61. The number of fused-ring (bicyclic) bond motifs is 1. The monoisotopic (exact) mass is 463 g/mol. The highest BCUT2D eigenvalue weighted by Crippen LogP contribution is 2.32. The number of carbonyl (C=O) groups excluding carboxylic acids is 1. The van der Waals surface area contributed by atoms with Crippen LogP contribution >= 0.6 is 0 Å². The minimum absolute atomic E-state index is 0.131. The molecule has 0 spiro atoms. The van der Waals surface area contributed by atoms with Crippen LogP contribution in [0.3, 0.4) is 0 Å². The number of aromatic nitrogens is 2. The molecule has 2 aromatic heterocycles. The summed E-state index contributed by atoms with van der Waals surface area (Å²) in [7, 11) is 1.74. The summed E-state index contributed by atoms with van der Waals surface area (Å²) in [5.41, 5.74) is 7.87. The third kappa shape index (κ3) is 5.46. The third-order valence-corrected chi connectivity index (χ3v) is 6.21. The lowest BCUT2D eigenvalue weighted by molar-refractivity contribution is 0.0000636. The number of aryl methyl sites for hydroxylation is 1. The number of anilines is 1. The lowest BCUT2D eigenvalue weighted by Gasteiger charge is -2.42. The summed E-state index contributed by atoms with van der Waals surface area (Å²) >= 11 is 0. The number of aliphatic hydroxyl groups is 1. The second kappa shape index (κ2) is 10.4. The highest BCUT2D eigenvalue weighted by Gasteiger charge is 2.36. The van der Waals surface area contributed by atoms with Gasteiger partial charge in [-0.05, 0) is 69.1 Å².